The quantitative estimate of drug-likeness (QED) is 0.450. The van der Waals surface area contributed by atoms with Gasteiger partial charge in [-0.05, 0) is 24.6 Å². The van der Waals surface area contributed by atoms with Gasteiger partial charge in [0.1, 0.15) is 17.4 Å². The second-order valence-electron chi connectivity index (χ2n) is 7.54. The molecule has 2 aliphatic rings. The zero-order valence-corrected chi connectivity index (χ0v) is 15.6. The van der Waals surface area contributed by atoms with Crippen molar-refractivity contribution in [3.8, 4) is 11.5 Å². The number of phenols is 2. The van der Waals surface area contributed by atoms with Gasteiger partial charge >= 0.3 is 5.97 Å². The number of hydrogen-bond donors (Lipinski definition) is 4. The molecular weight excluding hydrogens is 380 g/mol. The fraction of sp³-hybridized carbons (Fsp3) is 0.286. The predicted molar refractivity (Wildman–Crippen MR) is 98.0 cm³/mol. The molecule has 3 atom stereocenters. The number of phenolic OH excluding ortho intramolecular Hbond substituents is 2. The number of benzene rings is 2. The Morgan fingerprint density at radius 1 is 1.14 bits per heavy atom. The molecule has 8 heteroatoms. The first kappa shape index (κ1) is 19.1. The minimum absolute atomic E-state index is 0.0154. The zero-order valence-electron chi connectivity index (χ0n) is 15.6. The predicted octanol–water partition coefficient (Wildman–Crippen LogP) is 1.32. The summed E-state index contributed by atoms with van der Waals surface area (Å²) in [5.74, 6) is -4.55. The van der Waals surface area contributed by atoms with E-state index in [-0.39, 0.29) is 39.8 Å². The lowest BCUT2D eigenvalue weighted by Crippen LogP contribution is -2.44. The minimum Gasteiger partial charge on any atom is -0.507 e. The summed E-state index contributed by atoms with van der Waals surface area (Å²) >= 11 is 0. The molecule has 0 fully saturated rings. The number of aromatic hydroxyl groups is 2. The van der Waals surface area contributed by atoms with Gasteiger partial charge in [-0.1, -0.05) is 12.1 Å². The van der Waals surface area contributed by atoms with Crippen molar-refractivity contribution in [2.24, 2.45) is 0 Å². The average Bonchev–Trinajstić information content (AvgIpc) is 2.64. The SMILES string of the molecule is COC(=O)C1c2cc3c(c(O)c2C(O)C[C@@]1(C)O)C(=O)c1c(O)cccc1C3=O. The Morgan fingerprint density at radius 3 is 2.48 bits per heavy atom. The second kappa shape index (κ2) is 6.13. The lowest BCUT2D eigenvalue weighted by molar-refractivity contribution is -0.151. The molecule has 4 rings (SSSR count). The number of ether oxygens (including phenoxy) is 1. The summed E-state index contributed by atoms with van der Waals surface area (Å²) < 4.78 is 4.77. The molecule has 2 aliphatic carbocycles. The number of rotatable bonds is 1. The van der Waals surface area contributed by atoms with E-state index in [0.717, 1.165) is 7.11 Å². The van der Waals surface area contributed by atoms with Crippen molar-refractivity contribution in [3.63, 3.8) is 0 Å². The minimum atomic E-state index is -1.71. The molecule has 0 bridgehead atoms. The molecule has 0 amide bonds. The number of fused-ring (bicyclic) bond motifs is 3. The van der Waals surface area contributed by atoms with Crippen LogP contribution < -0.4 is 0 Å². The van der Waals surface area contributed by atoms with Crippen LogP contribution in [0.15, 0.2) is 24.3 Å². The van der Waals surface area contributed by atoms with Crippen LogP contribution >= 0.6 is 0 Å². The summed E-state index contributed by atoms with van der Waals surface area (Å²) in [7, 11) is 1.13. The molecule has 2 unspecified atom stereocenters. The van der Waals surface area contributed by atoms with Crippen molar-refractivity contribution in [1.82, 2.24) is 0 Å². The van der Waals surface area contributed by atoms with Gasteiger partial charge in [-0.15, -0.1) is 0 Å². The lowest BCUT2D eigenvalue weighted by atomic mass is 9.68. The molecule has 0 heterocycles. The van der Waals surface area contributed by atoms with E-state index in [2.05, 4.69) is 0 Å². The van der Waals surface area contributed by atoms with Gasteiger partial charge in [0.25, 0.3) is 0 Å². The van der Waals surface area contributed by atoms with Crippen LogP contribution in [0.5, 0.6) is 11.5 Å². The van der Waals surface area contributed by atoms with Crippen LogP contribution in [0.3, 0.4) is 0 Å². The Morgan fingerprint density at radius 2 is 1.83 bits per heavy atom. The van der Waals surface area contributed by atoms with Gasteiger partial charge in [-0.2, -0.15) is 0 Å². The first-order chi connectivity index (χ1) is 13.6. The Labute approximate surface area is 165 Å². The summed E-state index contributed by atoms with van der Waals surface area (Å²) in [6.07, 6.45) is -1.68. The van der Waals surface area contributed by atoms with Crippen LogP contribution in [-0.4, -0.2) is 50.7 Å². The highest BCUT2D eigenvalue weighted by atomic mass is 16.5. The molecule has 150 valence electrons. The lowest BCUT2D eigenvalue weighted by Gasteiger charge is -2.40. The van der Waals surface area contributed by atoms with Gasteiger partial charge in [0.15, 0.2) is 5.78 Å². The van der Waals surface area contributed by atoms with E-state index < -0.39 is 46.7 Å². The van der Waals surface area contributed by atoms with Gasteiger partial charge in [0, 0.05) is 23.1 Å². The number of ketones is 2. The highest BCUT2D eigenvalue weighted by molar-refractivity contribution is 6.30. The maximum absolute atomic E-state index is 13.0. The van der Waals surface area contributed by atoms with Crippen LogP contribution in [0.2, 0.25) is 0 Å². The van der Waals surface area contributed by atoms with E-state index in [1.165, 1.54) is 31.2 Å². The molecule has 0 saturated heterocycles. The fourth-order valence-corrected chi connectivity index (χ4v) is 4.39. The Balaban J connectivity index is 2.05. The van der Waals surface area contributed by atoms with Crippen molar-refractivity contribution < 1.29 is 39.5 Å². The molecule has 2 aromatic carbocycles. The number of carbonyl (C=O) groups excluding carboxylic acids is 3. The van der Waals surface area contributed by atoms with Crippen molar-refractivity contribution in [2.75, 3.05) is 7.11 Å². The zero-order chi connectivity index (χ0) is 21.2. The second-order valence-corrected chi connectivity index (χ2v) is 7.54. The van der Waals surface area contributed by atoms with E-state index in [1.807, 2.05) is 0 Å². The molecular formula is C21H18O8. The van der Waals surface area contributed by atoms with E-state index >= 15 is 0 Å². The molecule has 0 aromatic heterocycles. The van der Waals surface area contributed by atoms with Gasteiger partial charge in [0.05, 0.1) is 29.9 Å². The third-order valence-corrected chi connectivity index (χ3v) is 5.67. The average molecular weight is 398 g/mol. The fourth-order valence-electron chi connectivity index (χ4n) is 4.39. The standard InChI is InChI=1S/C21H18O8/c1-21(28)7-12(23)14-9(16(21)20(27)29-2)6-10-15(19(14)26)18(25)13-8(17(10)24)4-3-5-11(13)22/h3-6,12,16,22-23,26,28H,7H2,1-2H3/t12?,16?,21-/m1/s1. The third-order valence-electron chi connectivity index (χ3n) is 5.67. The Hall–Kier alpha value is -3.23. The van der Waals surface area contributed by atoms with Gasteiger partial charge in [-0.25, -0.2) is 0 Å². The molecule has 2 aromatic rings. The number of aliphatic hydroxyl groups excluding tert-OH is 1. The van der Waals surface area contributed by atoms with Crippen LogP contribution in [0.4, 0.5) is 0 Å². The smallest absolute Gasteiger partial charge is 0.316 e. The van der Waals surface area contributed by atoms with E-state index in [0.29, 0.717) is 0 Å². The van der Waals surface area contributed by atoms with Gasteiger partial charge in [-0.3, -0.25) is 14.4 Å². The maximum Gasteiger partial charge on any atom is 0.316 e. The maximum atomic E-state index is 13.0. The summed E-state index contributed by atoms with van der Waals surface area (Å²) in [4.78, 5) is 38.4. The van der Waals surface area contributed by atoms with Gasteiger partial charge < -0.3 is 25.2 Å². The highest BCUT2D eigenvalue weighted by Gasteiger charge is 2.49. The normalized spacial score (nSPS) is 25.1. The van der Waals surface area contributed by atoms with Crippen molar-refractivity contribution >= 4 is 17.5 Å². The summed E-state index contributed by atoms with van der Waals surface area (Å²) in [5, 5.41) is 42.2. The third kappa shape index (κ3) is 2.49. The van der Waals surface area contributed by atoms with Crippen molar-refractivity contribution in [3.05, 3.63) is 57.6 Å². The number of hydrogen-bond acceptors (Lipinski definition) is 8. The van der Waals surface area contributed by atoms with Crippen molar-refractivity contribution in [2.45, 2.75) is 31.0 Å². The number of esters is 1. The molecule has 29 heavy (non-hydrogen) atoms. The summed E-state index contributed by atoms with van der Waals surface area (Å²) in [5.41, 5.74) is -2.62. The van der Waals surface area contributed by atoms with E-state index in [4.69, 9.17) is 4.74 Å². The Bertz CT molecular complexity index is 1100. The van der Waals surface area contributed by atoms with Crippen LogP contribution in [0, 0.1) is 0 Å². The molecule has 4 N–H and O–H groups in total. The highest BCUT2D eigenvalue weighted by Crippen LogP contribution is 2.51. The number of carbonyl (C=O) groups is 3. The summed E-state index contributed by atoms with van der Waals surface area (Å²) in [6, 6.07) is 5.27. The first-order valence-electron chi connectivity index (χ1n) is 8.89. The molecule has 0 aliphatic heterocycles. The topological polar surface area (TPSA) is 141 Å². The first-order valence-corrected chi connectivity index (χ1v) is 8.89. The largest absolute Gasteiger partial charge is 0.507 e. The molecule has 0 radical (unpaired) electrons. The van der Waals surface area contributed by atoms with E-state index in [9.17, 15) is 34.8 Å². The van der Waals surface area contributed by atoms with Crippen molar-refractivity contribution in [1.29, 1.82) is 0 Å². The number of methoxy groups -OCH3 is 1. The monoisotopic (exact) mass is 398 g/mol. The molecule has 0 saturated carbocycles. The number of aliphatic hydroxyl groups is 2. The van der Waals surface area contributed by atoms with Crippen LogP contribution in [-0.2, 0) is 9.53 Å². The van der Waals surface area contributed by atoms with Crippen LogP contribution in [0.1, 0.15) is 68.3 Å². The Kier molecular flexibility index (Phi) is 4.04. The molecule has 0 spiro atoms. The van der Waals surface area contributed by atoms with Crippen LogP contribution in [0.25, 0.3) is 0 Å². The van der Waals surface area contributed by atoms with Gasteiger partial charge in [0.2, 0.25) is 5.78 Å². The van der Waals surface area contributed by atoms with E-state index in [1.54, 1.807) is 0 Å². The summed E-state index contributed by atoms with van der Waals surface area (Å²) in [6.45, 7) is 1.34. The molecule has 8 nitrogen and oxygen atoms in total.